The Morgan fingerprint density at radius 3 is 2.35 bits per heavy atom. The highest BCUT2D eigenvalue weighted by Gasteiger charge is 2.33. The third kappa shape index (κ3) is 5.15. The summed E-state index contributed by atoms with van der Waals surface area (Å²) >= 11 is 0. The molecule has 0 N–H and O–H groups in total. The average Bonchev–Trinajstić information content (AvgIpc) is 2.84. The average molecular weight is 367 g/mol. The summed E-state index contributed by atoms with van der Waals surface area (Å²) in [6, 6.07) is 0. The molecule has 1 amide bonds. The second-order valence-corrected chi connectivity index (χ2v) is 10.7. The van der Waals surface area contributed by atoms with E-state index in [9.17, 15) is 21.6 Å². The number of piperazine rings is 1. The third-order valence-corrected chi connectivity index (χ3v) is 8.32. The Hall–Kier alpha value is -0.670. The van der Waals surface area contributed by atoms with Crippen molar-refractivity contribution in [2.75, 3.05) is 43.4 Å². The SMILES string of the molecule is CCCCS(=O)(=O)N1CCN(C(=O)CC2CCS(=O)(=O)C2)CC1. The fourth-order valence-electron chi connectivity index (χ4n) is 3.08. The van der Waals surface area contributed by atoms with E-state index in [1.165, 1.54) is 4.31 Å². The van der Waals surface area contributed by atoms with Crippen LogP contribution >= 0.6 is 0 Å². The predicted molar refractivity (Wildman–Crippen MR) is 88.2 cm³/mol. The standard InChI is InChI=1S/C14H26N2O5S2/c1-2-3-9-23(20,21)16-7-5-15(6-8-16)14(17)11-13-4-10-22(18,19)12-13/h13H,2-12H2,1H3. The number of hydrogen-bond donors (Lipinski definition) is 0. The minimum Gasteiger partial charge on any atom is -0.340 e. The Bertz CT molecular complexity index is 622. The molecular weight excluding hydrogens is 340 g/mol. The normalized spacial score (nSPS) is 25.6. The molecule has 2 saturated heterocycles. The Balaban J connectivity index is 1.81. The lowest BCUT2D eigenvalue weighted by atomic mass is 10.0. The summed E-state index contributed by atoms with van der Waals surface area (Å²) in [6.45, 7) is 3.41. The van der Waals surface area contributed by atoms with Gasteiger partial charge in [-0.15, -0.1) is 0 Å². The van der Waals surface area contributed by atoms with E-state index in [1.807, 2.05) is 6.92 Å². The maximum atomic E-state index is 12.3. The molecule has 9 heteroatoms. The highest BCUT2D eigenvalue weighted by molar-refractivity contribution is 7.91. The molecule has 1 atom stereocenters. The topological polar surface area (TPSA) is 91.8 Å². The molecule has 0 radical (unpaired) electrons. The van der Waals surface area contributed by atoms with Crippen LogP contribution in [0.3, 0.4) is 0 Å². The molecule has 7 nitrogen and oxygen atoms in total. The van der Waals surface area contributed by atoms with Gasteiger partial charge in [-0.2, -0.15) is 4.31 Å². The maximum absolute atomic E-state index is 12.3. The molecular formula is C14H26N2O5S2. The van der Waals surface area contributed by atoms with Gasteiger partial charge in [-0.05, 0) is 18.8 Å². The van der Waals surface area contributed by atoms with E-state index in [0.29, 0.717) is 39.0 Å². The molecule has 2 aliphatic heterocycles. The number of amides is 1. The smallest absolute Gasteiger partial charge is 0.222 e. The lowest BCUT2D eigenvalue weighted by Crippen LogP contribution is -2.51. The largest absolute Gasteiger partial charge is 0.340 e. The van der Waals surface area contributed by atoms with Gasteiger partial charge in [-0.25, -0.2) is 16.8 Å². The zero-order valence-corrected chi connectivity index (χ0v) is 15.2. The van der Waals surface area contributed by atoms with E-state index >= 15 is 0 Å². The van der Waals surface area contributed by atoms with Crippen LogP contribution in [-0.4, -0.2) is 75.4 Å². The predicted octanol–water partition coefficient (Wildman–Crippen LogP) is 0.0853. The lowest BCUT2D eigenvalue weighted by molar-refractivity contribution is -0.133. The zero-order chi connectivity index (χ0) is 17.1. The van der Waals surface area contributed by atoms with E-state index < -0.39 is 19.9 Å². The Morgan fingerprint density at radius 2 is 1.83 bits per heavy atom. The molecule has 2 heterocycles. The van der Waals surface area contributed by atoms with Crippen molar-refractivity contribution in [2.24, 2.45) is 5.92 Å². The van der Waals surface area contributed by atoms with E-state index in [4.69, 9.17) is 0 Å². The summed E-state index contributed by atoms with van der Waals surface area (Å²) < 4.78 is 48.6. The first-order valence-electron chi connectivity index (χ1n) is 8.19. The van der Waals surface area contributed by atoms with Gasteiger partial charge in [0.2, 0.25) is 15.9 Å². The van der Waals surface area contributed by atoms with Crippen LogP contribution in [0.25, 0.3) is 0 Å². The molecule has 0 aliphatic carbocycles. The van der Waals surface area contributed by atoms with Crippen molar-refractivity contribution in [1.29, 1.82) is 0 Å². The van der Waals surface area contributed by atoms with Gasteiger partial charge >= 0.3 is 0 Å². The van der Waals surface area contributed by atoms with Gasteiger partial charge in [0, 0.05) is 32.6 Å². The van der Waals surface area contributed by atoms with E-state index in [1.54, 1.807) is 4.90 Å². The van der Waals surface area contributed by atoms with Gasteiger partial charge in [-0.1, -0.05) is 13.3 Å². The van der Waals surface area contributed by atoms with Crippen molar-refractivity contribution in [1.82, 2.24) is 9.21 Å². The summed E-state index contributed by atoms with van der Waals surface area (Å²) in [5.41, 5.74) is 0. The molecule has 134 valence electrons. The molecule has 0 spiro atoms. The van der Waals surface area contributed by atoms with Gasteiger partial charge in [0.1, 0.15) is 0 Å². The molecule has 0 bridgehead atoms. The number of hydrogen-bond acceptors (Lipinski definition) is 5. The van der Waals surface area contributed by atoms with Crippen LogP contribution < -0.4 is 0 Å². The van der Waals surface area contributed by atoms with Crippen molar-refractivity contribution in [3.8, 4) is 0 Å². The van der Waals surface area contributed by atoms with Gasteiger partial charge in [0.05, 0.1) is 17.3 Å². The van der Waals surface area contributed by atoms with Crippen molar-refractivity contribution < 1.29 is 21.6 Å². The molecule has 2 rings (SSSR count). The number of unbranched alkanes of at least 4 members (excludes halogenated alkanes) is 1. The van der Waals surface area contributed by atoms with Crippen molar-refractivity contribution in [3.05, 3.63) is 0 Å². The molecule has 23 heavy (non-hydrogen) atoms. The first kappa shape index (κ1) is 18.7. The molecule has 2 fully saturated rings. The second kappa shape index (κ2) is 7.48. The first-order valence-corrected chi connectivity index (χ1v) is 11.6. The van der Waals surface area contributed by atoms with Crippen LogP contribution in [0.5, 0.6) is 0 Å². The fourth-order valence-corrected chi connectivity index (χ4v) is 6.57. The molecule has 0 saturated carbocycles. The summed E-state index contributed by atoms with van der Waals surface area (Å²) in [5.74, 6) is 0.298. The summed E-state index contributed by atoms with van der Waals surface area (Å²) in [4.78, 5) is 13.9. The number of rotatable bonds is 6. The van der Waals surface area contributed by atoms with Crippen molar-refractivity contribution in [2.45, 2.75) is 32.6 Å². The number of sulfonamides is 1. The first-order chi connectivity index (χ1) is 10.7. The van der Waals surface area contributed by atoms with Gasteiger partial charge in [0.25, 0.3) is 0 Å². The summed E-state index contributed by atoms with van der Waals surface area (Å²) in [6.07, 6.45) is 2.29. The second-order valence-electron chi connectivity index (χ2n) is 6.42. The quantitative estimate of drug-likeness (QED) is 0.664. The highest BCUT2D eigenvalue weighted by atomic mass is 32.2. The van der Waals surface area contributed by atoms with Crippen LogP contribution in [0.2, 0.25) is 0 Å². The number of carbonyl (C=O) groups is 1. The van der Waals surface area contributed by atoms with Crippen LogP contribution in [0.4, 0.5) is 0 Å². The Labute approximate surface area is 139 Å². The number of sulfone groups is 1. The highest BCUT2D eigenvalue weighted by Crippen LogP contribution is 2.23. The summed E-state index contributed by atoms with van der Waals surface area (Å²) in [7, 11) is -6.18. The molecule has 0 aromatic rings. The van der Waals surface area contributed by atoms with Crippen LogP contribution in [0.1, 0.15) is 32.6 Å². The molecule has 0 aromatic carbocycles. The van der Waals surface area contributed by atoms with Gasteiger partial charge < -0.3 is 4.90 Å². The van der Waals surface area contributed by atoms with Crippen LogP contribution in [0, 0.1) is 5.92 Å². The van der Waals surface area contributed by atoms with Crippen molar-refractivity contribution >= 4 is 25.8 Å². The monoisotopic (exact) mass is 366 g/mol. The van der Waals surface area contributed by atoms with Gasteiger partial charge in [0.15, 0.2) is 9.84 Å². The lowest BCUT2D eigenvalue weighted by Gasteiger charge is -2.34. The van der Waals surface area contributed by atoms with Crippen molar-refractivity contribution in [3.63, 3.8) is 0 Å². The van der Waals surface area contributed by atoms with Gasteiger partial charge in [-0.3, -0.25) is 4.79 Å². The third-order valence-electron chi connectivity index (χ3n) is 4.53. The van der Waals surface area contributed by atoms with E-state index in [-0.39, 0.29) is 35.5 Å². The number of nitrogens with zero attached hydrogens (tertiary/aromatic N) is 2. The molecule has 1 unspecified atom stereocenters. The van der Waals surface area contributed by atoms with E-state index in [0.717, 1.165) is 6.42 Å². The minimum absolute atomic E-state index is 0.0577. The molecule has 0 aromatic heterocycles. The number of carbonyl (C=O) groups excluding carboxylic acids is 1. The minimum atomic E-state index is -3.22. The Morgan fingerprint density at radius 1 is 1.17 bits per heavy atom. The maximum Gasteiger partial charge on any atom is 0.222 e. The summed E-state index contributed by atoms with van der Waals surface area (Å²) in [5, 5.41) is 0. The Kier molecular flexibility index (Phi) is 6.07. The van der Waals surface area contributed by atoms with E-state index in [2.05, 4.69) is 0 Å². The zero-order valence-electron chi connectivity index (χ0n) is 13.6. The molecule has 2 aliphatic rings. The van der Waals surface area contributed by atoms with Crippen LogP contribution in [0.15, 0.2) is 0 Å². The van der Waals surface area contributed by atoms with Crippen LogP contribution in [-0.2, 0) is 24.7 Å². The fraction of sp³-hybridized carbons (Fsp3) is 0.929.